The van der Waals surface area contributed by atoms with E-state index in [0.29, 0.717) is 36.4 Å². The van der Waals surface area contributed by atoms with Gasteiger partial charge in [-0.15, -0.1) is 0 Å². The van der Waals surface area contributed by atoms with Crippen LogP contribution in [-0.2, 0) is 27.2 Å². The number of carbonyl (C=O) groups excluding carboxylic acids is 2. The minimum Gasteiger partial charge on any atom is -0.459 e. The number of para-hydroxylation sites is 2. The molecule has 6 rings (SSSR count). The molecule has 1 aliphatic carbocycles. The Morgan fingerprint density at radius 2 is 1.70 bits per heavy atom. The SMILES string of the molecule is CCO[C@H]1OC(C(=O)NCc2ccc(C(=O)Nc3ccccc3N)cc2)=C[C@@H](c2cccc3c2Cc2ccccc2-3)[C@H]1CCCO. The molecular formula is C38H39N3O5. The number of nitrogen functional groups attached to an aromatic ring is 1. The second kappa shape index (κ2) is 14.0. The van der Waals surface area contributed by atoms with Gasteiger partial charge < -0.3 is 30.9 Å². The van der Waals surface area contributed by atoms with Crippen molar-refractivity contribution in [3.05, 3.63) is 131 Å². The van der Waals surface area contributed by atoms with Crippen molar-refractivity contribution in [3.63, 3.8) is 0 Å². The molecule has 1 heterocycles. The maximum atomic E-state index is 13.6. The second-order valence-corrected chi connectivity index (χ2v) is 11.7. The first-order valence-electron chi connectivity index (χ1n) is 15.8. The van der Waals surface area contributed by atoms with Crippen LogP contribution in [0.4, 0.5) is 11.4 Å². The van der Waals surface area contributed by atoms with Crippen LogP contribution in [-0.4, -0.2) is 36.4 Å². The number of hydrogen-bond acceptors (Lipinski definition) is 6. The van der Waals surface area contributed by atoms with Gasteiger partial charge >= 0.3 is 0 Å². The summed E-state index contributed by atoms with van der Waals surface area (Å²) in [4.78, 5) is 26.3. The predicted molar refractivity (Wildman–Crippen MR) is 179 cm³/mol. The molecule has 3 atom stereocenters. The van der Waals surface area contributed by atoms with Crippen LogP contribution in [0, 0.1) is 5.92 Å². The van der Waals surface area contributed by atoms with Gasteiger partial charge in [0.25, 0.3) is 11.8 Å². The predicted octanol–water partition coefficient (Wildman–Crippen LogP) is 6.16. The monoisotopic (exact) mass is 617 g/mol. The topological polar surface area (TPSA) is 123 Å². The third-order valence-electron chi connectivity index (χ3n) is 8.76. The summed E-state index contributed by atoms with van der Waals surface area (Å²) in [5, 5.41) is 15.5. The molecule has 0 bridgehead atoms. The molecule has 4 aromatic carbocycles. The maximum absolute atomic E-state index is 13.6. The number of rotatable bonds is 11. The quantitative estimate of drug-likeness (QED) is 0.132. The summed E-state index contributed by atoms with van der Waals surface area (Å²) in [6.07, 6.45) is 3.40. The molecule has 8 nitrogen and oxygen atoms in total. The van der Waals surface area contributed by atoms with Crippen molar-refractivity contribution < 1.29 is 24.2 Å². The van der Waals surface area contributed by atoms with Gasteiger partial charge in [-0.1, -0.05) is 66.7 Å². The van der Waals surface area contributed by atoms with E-state index in [1.54, 1.807) is 36.4 Å². The lowest BCUT2D eigenvalue weighted by molar-refractivity contribution is -0.166. The number of benzene rings is 4. The average molecular weight is 618 g/mol. The van der Waals surface area contributed by atoms with E-state index in [1.165, 1.54) is 22.3 Å². The highest BCUT2D eigenvalue weighted by Crippen LogP contribution is 2.46. The molecule has 2 aliphatic rings. The van der Waals surface area contributed by atoms with Gasteiger partial charge in [0.1, 0.15) is 0 Å². The molecule has 0 fully saturated rings. The maximum Gasteiger partial charge on any atom is 0.286 e. The fourth-order valence-electron chi connectivity index (χ4n) is 6.46. The van der Waals surface area contributed by atoms with Crippen molar-refractivity contribution in [2.45, 2.75) is 44.9 Å². The number of ether oxygens (including phenoxy) is 2. The number of aliphatic hydroxyl groups excluding tert-OH is 1. The van der Waals surface area contributed by atoms with Gasteiger partial charge in [-0.05, 0) is 89.9 Å². The van der Waals surface area contributed by atoms with E-state index in [4.69, 9.17) is 15.2 Å². The van der Waals surface area contributed by atoms with Crippen molar-refractivity contribution >= 4 is 23.2 Å². The van der Waals surface area contributed by atoms with E-state index in [-0.39, 0.29) is 42.6 Å². The van der Waals surface area contributed by atoms with E-state index in [2.05, 4.69) is 53.1 Å². The zero-order valence-corrected chi connectivity index (χ0v) is 25.9. The van der Waals surface area contributed by atoms with Crippen molar-refractivity contribution in [1.82, 2.24) is 5.32 Å². The summed E-state index contributed by atoms with van der Waals surface area (Å²) in [6.45, 7) is 2.66. The molecule has 0 saturated heterocycles. The first-order chi connectivity index (χ1) is 22.5. The fraction of sp³-hybridized carbons (Fsp3) is 0.263. The smallest absolute Gasteiger partial charge is 0.286 e. The molecule has 236 valence electrons. The minimum absolute atomic E-state index is 0.0677. The number of anilines is 2. The lowest BCUT2D eigenvalue weighted by Gasteiger charge is -2.37. The summed E-state index contributed by atoms with van der Waals surface area (Å²) in [7, 11) is 0. The number of aliphatic hydroxyl groups is 1. The van der Waals surface area contributed by atoms with Gasteiger partial charge in [0.2, 0.25) is 6.29 Å². The van der Waals surface area contributed by atoms with Crippen LogP contribution in [0.5, 0.6) is 0 Å². The number of fused-ring (bicyclic) bond motifs is 3. The molecule has 46 heavy (non-hydrogen) atoms. The van der Waals surface area contributed by atoms with Crippen molar-refractivity contribution in [2.75, 3.05) is 24.3 Å². The fourth-order valence-corrected chi connectivity index (χ4v) is 6.46. The molecule has 0 unspecified atom stereocenters. The van der Waals surface area contributed by atoms with Gasteiger partial charge in [0.15, 0.2) is 5.76 Å². The number of nitrogens with one attached hydrogen (secondary N) is 2. The minimum atomic E-state index is -0.636. The Hall–Kier alpha value is -4.92. The van der Waals surface area contributed by atoms with E-state index in [1.807, 2.05) is 25.1 Å². The Kier molecular flexibility index (Phi) is 9.47. The lowest BCUT2D eigenvalue weighted by Crippen LogP contribution is -2.39. The molecule has 0 aromatic heterocycles. The van der Waals surface area contributed by atoms with E-state index < -0.39 is 6.29 Å². The number of allylic oxidation sites excluding steroid dienone is 1. The molecule has 2 amide bonds. The Balaban J connectivity index is 1.21. The third kappa shape index (κ3) is 6.54. The van der Waals surface area contributed by atoms with Crippen LogP contribution in [0.3, 0.4) is 0 Å². The van der Waals surface area contributed by atoms with Gasteiger partial charge in [0, 0.05) is 37.2 Å². The molecule has 4 aromatic rings. The lowest BCUT2D eigenvalue weighted by atomic mass is 9.78. The number of nitrogens with two attached hydrogens (primary N) is 1. The second-order valence-electron chi connectivity index (χ2n) is 11.7. The van der Waals surface area contributed by atoms with Crippen LogP contribution < -0.4 is 16.4 Å². The molecule has 1 aliphatic heterocycles. The first-order valence-corrected chi connectivity index (χ1v) is 15.8. The molecule has 0 radical (unpaired) electrons. The zero-order chi connectivity index (χ0) is 32.0. The van der Waals surface area contributed by atoms with Crippen molar-refractivity contribution in [1.29, 1.82) is 0 Å². The standard InChI is InChI=1S/C38H39N3O5/c1-2-45-38-30(13-8-20-42)32(29-12-7-11-28-27-10-4-3-9-26(27)21-31(28)29)22-35(46-38)37(44)40-23-24-16-18-25(19-17-24)36(43)41-34-15-6-5-14-33(34)39/h3-7,9-12,14-19,22,30,32,38,42H,2,8,13,20-21,23,39H2,1H3,(H,40,44)(H,41,43)/t30-,32+,38+/m1/s1. The van der Waals surface area contributed by atoms with Crippen LogP contribution in [0.2, 0.25) is 0 Å². The van der Waals surface area contributed by atoms with Gasteiger partial charge in [0.05, 0.1) is 11.4 Å². The molecule has 0 saturated carbocycles. The van der Waals surface area contributed by atoms with Gasteiger partial charge in [-0.3, -0.25) is 9.59 Å². The Morgan fingerprint density at radius 3 is 2.48 bits per heavy atom. The Labute approximate surface area is 269 Å². The zero-order valence-electron chi connectivity index (χ0n) is 25.9. The highest BCUT2D eigenvalue weighted by Gasteiger charge is 2.39. The number of carbonyl (C=O) groups is 2. The number of amides is 2. The summed E-state index contributed by atoms with van der Waals surface area (Å²) < 4.78 is 12.3. The normalized spacial score (nSPS) is 18.1. The third-order valence-corrected chi connectivity index (χ3v) is 8.76. The van der Waals surface area contributed by atoms with Crippen molar-refractivity contribution in [2.24, 2.45) is 5.92 Å². The van der Waals surface area contributed by atoms with Crippen LogP contribution in [0.1, 0.15) is 58.3 Å². The van der Waals surface area contributed by atoms with Crippen LogP contribution in [0.25, 0.3) is 11.1 Å². The summed E-state index contributed by atoms with van der Waals surface area (Å²) in [5.41, 5.74) is 14.5. The average Bonchev–Trinajstić information content (AvgIpc) is 3.47. The van der Waals surface area contributed by atoms with E-state index in [0.717, 1.165) is 17.5 Å². The van der Waals surface area contributed by atoms with E-state index >= 15 is 0 Å². The number of hydrogen-bond donors (Lipinski definition) is 4. The molecule has 5 N–H and O–H groups in total. The highest BCUT2D eigenvalue weighted by atomic mass is 16.7. The van der Waals surface area contributed by atoms with Gasteiger partial charge in [-0.25, -0.2) is 0 Å². The first kappa shape index (κ1) is 31.1. The van der Waals surface area contributed by atoms with Crippen molar-refractivity contribution in [3.8, 4) is 11.1 Å². The molecule has 0 spiro atoms. The molecule has 8 heteroatoms. The summed E-state index contributed by atoms with van der Waals surface area (Å²) >= 11 is 0. The summed E-state index contributed by atoms with van der Waals surface area (Å²) in [5.74, 6) is -0.614. The Morgan fingerprint density at radius 1 is 0.935 bits per heavy atom. The van der Waals surface area contributed by atoms with Gasteiger partial charge in [-0.2, -0.15) is 0 Å². The summed E-state index contributed by atoms with van der Waals surface area (Å²) in [6, 6.07) is 29.0. The highest BCUT2D eigenvalue weighted by molar-refractivity contribution is 6.05. The largest absolute Gasteiger partial charge is 0.459 e. The van der Waals surface area contributed by atoms with E-state index in [9.17, 15) is 14.7 Å². The van der Waals surface area contributed by atoms with Crippen LogP contribution >= 0.6 is 0 Å². The molecular weight excluding hydrogens is 578 g/mol. The van der Waals surface area contributed by atoms with Crippen LogP contribution in [0.15, 0.2) is 103 Å². The Bertz CT molecular complexity index is 1750.